The fraction of sp³-hybridized carbons (Fsp3) is 0.783. The Bertz CT molecular complexity index is 750. The van der Waals surface area contributed by atoms with Crippen LogP contribution in [0.2, 0.25) is 0 Å². The molecule has 0 aliphatic carbocycles. The molecule has 3 rings (SSSR count). The zero-order valence-corrected chi connectivity index (χ0v) is 20.1. The van der Waals surface area contributed by atoms with Crippen LogP contribution in [0, 0.1) is 11.8 Å². The van der Waals surface area contributed by atoms with Gasteiger partial charge in [-0.15, -0.1) is 0 Å². The first kappa shape index (κ1) is 23.6. The fourth-order valence-electron chi connectivity index (χ4n) is 4.50. The normalized spacial score (nSPS) is 23.9. The van der Waals surface area contributed by atoms with Crippen molar-refractivity contribution in [3.05, 3.63) is 17.8 Å². The topological polar surface area (TPSA) is 77.2 Å². The zero-order valence-electron chi connectivity index (χ0n) is 20.1. The van der Waals surface area contributed by atoms with Gasteiger partial charge < -0.3 is 19.5 Å². The van der Waals surface area contributed by atoms with E-state index in [9.17, 15) is 4.79 Å². The maximum Gasteiger partial charge on any atom is 0.236 e. The molecule has 1 N–H and O–H groups in total. The Morgan fingerprint density at radius 2 is 1.81 bits per heavy atom. The van der Waals surface area contributed by atoms with Crippen molar-refractivity contribution < 1.29 is 9.21 Å². The van der Waals surface area contributed by atoms with Crippen molar-refractivity contribution in [2.75, 3.05) is 52.9 Å². The van der Waals surface area contributed by atoms with Crippen molar-refractivity contribution >= 4 is 11.9 Å². The van der Waals surface area contributed by atoms with Crippen molar-refractivity contribution in [1.82, 2.24) is 25.0 Å². The Hall–Kier alpha value is -2.09. The summed E-state index contributed by atoms with van der Waals surface area (Å²) in [5, 5.41) is 3.36. The number of amides is 1. The lowest BCUT2D eigenvalue weighted by Gasteiger charge is -2.39. The highest BCUT2D eigenvalue weighted by Gasteiger charge is 2.28. The number of piperazine rings is 1. The highest BCUT2D eigenvalue weighted by molar-refractivity contribution is 5.80. The van der Waals surface area contributed by atoms with E-state index < -0.39 is 0 Å². The quantitative estimate of drug-likeness (QED) is 0.580. The molecule has 1 aromatic heterocycles. The van der Waals surface area contributed by atoms with Gasteiger partial charge in [-0.05, 0) is 18.3 Å². The van der Waals surface area contributed by atoms with Crippen LogP contribution in [0.4, 0.5) is 0 Å². The highest BCUT2D eigenvalue weighted by atomic mass is 16.4. The van der Waals surface area contributed by atoms with Gasteiger partial charge in [-0.2, -0.15) is 0 Å². The zero-order chi connectivity index (χ0) is 22.6. The minimum absolute atomic E-state index is 0.0506. The Morgan fingerprint density at radius 1 is 1.16 bits per heavy atom. The van der Waals surface area contributed by atoms with Crippen LogP contribution < -0.4 is 5.32 Å². The number of carbonyl (C=O) groups is 1. The average molecular weight is 433 g/mol. The molecule has 2 saturated heterocycles. The first-order chi connectivity index (χ1) is 14.7. The molecule has 0 bridgehead atoms. The molecule has 2 unspecified atom stereocenters. The molecule has 8 nitrogen and oxygen atoms in total. The van der Waals surface area contributed by atoms with E-state index in [1.165, 1.54) is 6.42 Å². The van der Waals surface area contributed by atoms with Gasteiger partial charge >= 0.3 is 0 Å². The number of hydrogen-bond donors (Lipinski definition) is 1. The Labute approximate surface area is 187 Å². The molecular formula is C23H40N6O2. The van der Waals surface area contributed by atoms with Crippen LogP contribution in [0.5, 0.6) is 0 Å². The van der Waals surface area contributed by atoms with Gasteiger partial charge in [0.05, 0.1) is 19.3 Å². The van der Waals surface area contributed by atoms with Gasteiger partial charge in [0.25, 0.3) is 0 Å². The third kappa shape index (κ3) is 6.45. The number of rotatable bonds is 4. The number of nitrogens with zero attached hydrogens (tertiary/aromatic N) is 5. The lowest BCUT2D eigenvalue weighted by atomic mass is 9.92. The van der Waals surface area contributed by atoms with Crippen LogP contribution in [-0.2, 0) is 16.8 Å². The van der Waals surface area contributed by atoms with Crippen LogP contribution >= 0.6 is 0 Å². The maximum absolute atomic E-state index is 12.8. The minimum atomic E-state index is -0.0506. The van der Waals surface area contributed by atoms with Crippen molar-refractivity contribution in [3.63, 3.8) is 0 Å². The predicted molar refractivity (Wildman–Crippen MR) is 123 cm³/mol. The van der Waals surface area contributed by atoms with Crippen molar-refractivity contribution in [2.24, 2.45) is 16.8 Å². The monoisotopic (exact) mass is 432 g/mol. The van der Waals surface area contributed by atoms with Crippen LogP contribution in [0.15, 0.2) is 15.6 Å². The molecule has 3 heterocycles. The summed E-state index contributed by atoms with van der Waals surface area (Å²) >= 11 is 0. The molecule has 2 aliphatic rings. The summed E-state index contributed by atoms with van der Waals surface area (Å²) in [5.41, 5.74) is -0.0506. The summed E-state index contributed by atoms with van der Waals surface area (Å²) in [6.45, 7) is 17.1. The molecule has 0 saturated carbocycles. The molecule has 8 heteroatoms. The number of guanidine groups is 1. The van der Waals surface area contributed by atoms with Crippen molar-refractivity contribution in [2.45, 2.75) is 53.0 Å². The molecule has 1 aromatic rings. The van der Waals surface area contributed by atoms with Crippen LogP contribution in [0.25, 0.3) is 0 Å². The summed E-state index contributed by atoms with van der Waals surface area (Å²) in [6, 6.07) is 0. The number of nitrogens with one attached hydrogen (secondary N) is 1. The molecule has 1 amide bonds. The molecule has 2 fully saturated rings. The van der Waals surface area contributed by atoms with Gasteiger partial charge in [0, 0.05) is 51.7 Å². The Balaban J connectivity index is 1.44. The number of aromatic nitrogens is 1. The maximum atomic E-state index is 12.8. The van der Waals surface area contributed by atoms with Crippen molar-refractivity contribution in [1.29, 1.82) is 0 Å². The molecule has 0 radical (unpaired) electrons. The van der Waals surface area contributed by atoms with Crippen LogP contribution in [0.1, 0.15) is 52.7 Å². The second kappa shape index (κ2) is 10.0. The van der Waals surface area contributed by atoms with E-state index in [4.69, 9.17) is 4.42 Å². The number of carbonyl (C=O) groups excluding carboxylic acids is 1. The van der Waals surface area contributed by atoms with Gasteiger partial charge in [0.15, 0.2) is 5.96 Å². The Morgan fingerprint density at radius 3 is 2.35 bits per heavy atom. The summed E-state index contributed by atoms with van der Waals surface area (Å²) in [5.74, 6) is 3.87. The van der Waals surface area contributed by atoms with E-state index in [0.29, 0.717) is 30.8 Å². The van der Waals surface area contributed by atoms with E-state index in [2.05, 4.69) is 64.6 Å². The average Bonchev–Trinajstić information content (AvgIpc) is 3.18. The van der Waals surface area contributed by atoms with E-state index in [1.54, 1.807) is 13.2 Å². The minimum Gasteiger partial charge on any atom is -0.443 e. The number of hydrogen-bond acceptors (Lipinski definition) is 5. The molecule has 0 spiro atoms. The van der Waals surface area contributed by atoms with E-state index >= 15 is 0 Å². The van der Waals surface area contributed by atoms with E-state index in [0.717, 1.165) is 51.0 Å². The summed E-state index contributed by atoms with van der Waals surface area (Å²) in [6.07, 6.45) is 3.03. The van der Waals surface area contributed by atoms with E-state index in [-0.39, 0.29) is 11.3 Å². The predicted octanol–water partition coefficient (Wildman–Crippen LogP) is 2.17. The van der Waals surface area contributed by atoms with Gasteiger partial charge in [0.2, 0.25) is 11.8 Å². The van der Waals surface area contributed by atoms with Crippen molar-refractivity contribution in [3.8, 4) is 0 Å². The van der Waals surface area contributed by atoms with Gasteiger partial charge in [-0.3, -0.25) is 14.7 Å². The summed E-state index contributed by atoms with van der Waals surface area (Å²) < 4.78 is 5.87. The molecule has 31 heavy (non-hydrogen) atoms. The third-order valence-electron chi connectivity index (χ3n) is 6.15. The van der Waals surface area contributed by atoms with Gasteiger partial charge in [0.1, 0.15) is 5.76 Å². The first-order valence-electron chi connectivity index (χ1n) is 11.6. The number of piperidine rings is 1. The van der Waals surface area contributed by atoms with E-state index in [1.807, 2.05) is 0 Å². The third-order valence-corrected chi connectivity index (χ3v) is 6.15. The number of likely N-dealkylation sites (tertiary alicyclic amines) is 1. The highest BCUT2D eigenvalue weighted by Crippen LogP contribution is 2.23. The Kier molecular flexibility index (Phi) is 7.62. The lowest BCUT2D eigenvalue weighted by Crippen LogP contribution is -2.55. The molecule has 2 atom stereocenters. The standard InChI is InChI=1S/C23H40N6O2/c1-17-11-18(2)15-29(14-17)21(30)16-27-7-9-28(10-8-27)22(24-6)26-13-20-25-12-19(31-20)23(3,4)5/h12,17-18H,7-11,13-16H2,1-6H3,(H,24,26). The molecular weight excluding hydrogens is 392 g/mol. The lowest BCUT2D eigenvalue weighted by molar-refractivity contribution is -0.135. The summed E-state index contributed by atoms with van der Waals surface area (Å²) in [7, 11) is 1.80. The number of oxazole rings is 1. The largest absolute Gasteiger partial charge is 0.443 e. The second-order valence-electron chi connectivity index (χ2n) is 10.3. The smallest absolute Gasteiger partial charge is 0.236 e. The SMILES string of the molecule is CN=C(NCc1ncc(C(C)(C)C)o1)N1CCN(CC(=O)N2CC(C)CC(C)C2)CC1. The second-order valence-corrected chi connectivity index (χ2v) is 10.3. The summed E-state index contributed by atoms with van der Waals surface area (Å²) in [4.78, 5) is 28.1. The first-order valence-corrected chi connectivity index (χ1v) is 11.6. The number of aliphatic imine (C=N–C) groups is 1. The fourth-order valence-corrected chi connectivity index (χ4v) is 4.50. The van der Waals surface area contributed by atoms with Crippen LogP contribution in [0.3, 0.4) is 0 Å². The van der Waals surface area contributed by atoms with Crippen LogP contribution in [-0.4, -0.2) is 84.4 Å². The molecule has 174 valence electrons. The molecule has 0 aromatic carbocycles. The van der Waals surface area contributed by atoms with Gasteiger partial charge in [-0.25, -0.2) is 4.98 Å². The molecule has 2 aliphatic heterocycles. The van der Waals surface area contributed by atoms with Gasteiger partial charge in [-0.1, -0.05) is 34.6 Å².